The van der Waals surface area contributed by atoms with E-state index < -0.39 is 43.4 Å². The Morgan fingerprint density at radius 2 is 1.75 bits per heavy atom. The minimum Gasteiger partial charge on any atom is -0.394 e. The van der Waals surface area contributed by atoms with Crippen molar-refractivity contribution in [3.63, 3.8) is 0 Å². The van der Waals surface area contributed by atoms with Crippen molar-refractivity contribution in [1.29, 1.82) is 0 Å². The molecule has 5 rings (SSSR count). The van der Waals surface area contributed by atoms with Gasteiger partial charge in [0, 0.05) is 44.6 Å². The van der Waals surface area contributed by atoms with Crippen LogP contribution in [0.1, 0.15) is 21.6 Å². The monoisotopic (exact) mass is 449 g/mol. The van der Waals surface area contributed by atoms with E-state index in [1.165, 1.54) is 44.6 Å². The van der Waals surface area contributed by atoms with Crippen LogP contribution in [-0.4, -0.2) is 104 Å². The number of nitrogens with two attached hydrogens (primary N) is 1. The molecule has 4 fully saturated rings. The molecule has 0 radical (unpaired) electrons. The highest BCUT2D eigenvalue weighted by atomic mass is 32.4. The van der Waals surface area contributed by atoms with E-state index in [9.17, 15) is 15.0 Å². The first-order chi connectivity index (χ1) is 13.4. The topological polar surface area (TPSA) is 135 Å². The summed E-state index contributed by atoms with van der Waals surface area (Å²) in [5, 5.41) is 30.0. The highest BCUT2D eigenvalue weighted by molar-refractivity contribution is 8.11. The van der Waals surface area contributed by atoms with Crippen molar-refractivity contribution in [2.75, 3.05) is 45.9 Å². The van der Waals surface area contributed by atoms with Crippen molar-refractivity contribution in [1.82, 2.24) is 19.0 Å². The molecule has 1 aromatic heterocycles. The third kappa shape index (κ3) is 4.04. The molecule has 0 saturated carbocycles. The van der Waals surface area contributed by atoms with Gasteiger partial charge in [0.15, 0.2) is 0 Å². The number of primary amides is 1. The van der Waals surface area contributed by atoms with Gasteiger partial charge in [-0.25, -0.2) is 19.0 Å². The van der Waals surface area contributed by atoms with Crippen molar-refractivity contribution >= 4 is 35.5 Å². The van der Waals surface area contributed by atoms with Crippen molar-refractivity contribution in [2.45, 2.75) is 24.4 Å². The molecule has 10 nitrogen and oxygen atoms in total. The van der Waals surface area contributed by atoms with Gasteiger partial charge in [-0.1, -0.05) is 0 Å². The van der Waals surface area contributed by atoms with Gasteiger partial charge in [-0.05, 0) is 11.8 Å². The van der Waals surface area contributed by atoms with Crippen LogP contribution in [0.25, 0.3) is 0 Å². The van der Waals surface area contributed by atoms with Crippen LogP contribution in [0.4, 0.5) is 0 Å². The number of carbonyl (C=O) groups is 1. The second-order valence-corrected chi connectivity index (χ2v) is 12.2. The SMILES string of the molecule is NC(=O)c1csc([C@@H]2O[C@H](CO)[C@@H](O)[C@H]2O)n1.S=P(N1CC1)(N1CC1)N1CC1. The van der Waals surface area contributed by atoms with Crippen LogP contribution in [0.3, 0.4) is 0 Å². The summed E-state index contributed by atoms with van der Waals surface area (Å²) in [6, 6.07) is 0. The van der Waals surface area contributed by atoms with Gasteiger partial charge in [0.25, 0.3) is 5.91 Å². The third-order valence-corrected chi connectivity index (χ3v) is 11.3. The van der Waals surface area contributed by atoms with E-state index in [-0.39, 0.29) is 5.69 Å². The Labute approximate surface area is 171 Å². The largest absolute Gasteiger partial charge is 0.394 e. The molecule has 4 atom stereocenters. The molecule has 0 unspecified atom stereocenters. The number of aliphatic hydroxyl groups excluding tert-OH is 3. The Hall–Kier alpha value is -0.530. The lowest BCUT2D eigenvalue weighted by Crippen LogP contribution is -2.32. The Bertz CT molecular complexity index is 747. The van der Waals surface area contributed by atoms with Crippen LogP contribution in [0.5, 0.6) is 0 Å². The average Bonchev–Trinajstić information content (AvgIpc) is 3.54. The third-order valence-electron chi connectivity index (χ3n) is 4.94. The number of carbonyl (C=O) groups excluding carboxylic acids is 1. The summed E-state index contributed by atoms with van der Waals surface area (Å²) in [6.07, 6.45) is -4.05. The van der Waals surface area contributed by atoms with Gasteiger partial charge < -0.3 is 25.8 Å². The standard InChI is InChI=1S/C9H12N2O5S.C6H12N3PS/c10-8(15)3-2-17-9(11-3)7-6(14)5(13)4(1-12)16-7;11-10(7-1-2-7,8-3-4-8)9-5-6-9/h2,4-7,12-14H,1H2,(H2,10,15);1-6H2/t4-,5-,6-,7-;/m1./s1. The van der Waals surface area contributed by atoms with Crippen molar-refractivity contribution in [3.8, 4) is 0 Å². The molecule has 28 heavy (non-hydrogen) atoms. The molecule has 0 aliphatic carbocycles. The zero-order chi connectivity index (χ0) is 20.1. The molecule has 0 spiro atoms. The number of aromatic nitrogens is 1. The highest BCUT2D eigenvalue weighted by Gasteiger charge is 2.50. The first-order valence-corrected chi connectivity index (χ1v) is 12.6. The quantitative estimate of drug-likeness (QED) is 0.302. The minimum absolute atomic E-state index is 0.0859. The van der Waals surface area contributed by atoms with Crippen LogP contribution in [0, 0.1) is 0 Å². The molecule has 1 amide bonds. The molecule has 0 bridgehead atoms. The molecule has 156 valence electrons. The average molecular weight is 449 g/mol. The summed E-state index contributed by atoms with van der Waals surface area (Å²) in [5.74, 6) is -0.667. The molecule has 4 saturated heterocycles. The Morgan fingerprint density at radius 3 is 2.11 bits per heavy atom. The number of hydrogen-bond donors (Lipinski definition) is 4. The molecule has 4 aliphatic rings. The van der Waals surface area contributed by atoms with Crippen LogP contribution >= 0.6 is 17.8 Å². The van der Waals surface area contributed by atoms with Gasteiger partial charge in [0.1, 0.15) is 41.6 Å². The first kappa shape index (κ1) is 20.7. The molecular weight excluding hydrogens is 425 g/mol. The maximum atomic E-state index is 10.9. The van der Waals surface area contributed by atoms with E-state index in [0.717, 1.165) is 11.3 Å². The maximum absolute atomic E-state index is 10.9. The second kappa shape index (κ2) is 7.95. The van der Waals surface area contributed by atoms with Crippen molar-refractivity contribution in [3.05, 3.63) is 16.1 Å². The van der Waals surface area contributed by atoms with Gasteiger partial charge in [-0.3, -0.25) is 4.79 Å². The minimum atomic E-state index is -1.27. The van der Waals surface area contributed by atoms with Crippen molar-refractivity contribution < 1.29 is 24.9 Å². The van der Waals surface area contributed by atoms with Gasteiger partial charge >= 0.3 is 0 Å². The molecule has 5 heterocycles. The summed E-state index contributed by atoms with van der Waals surface area (Å²) in [4.78, 5) is 14.8. The number of rotatable bonds is 6. The lowest BCUT2D eigenvalue weighted by atomic mass is 10.1. The normalized spacial score (nSPS) is 32.7. The van der Waals surface area contributed by atoms with Gasteiger partial charge in [-0.15, -0.1) is 11.3 Å². The number of amides is 1. The van der Waals surface area contributed by atoms with E-state index >= 15 is 0 Å². The number of hydrogen-bond acceptors (Lipinski definition) is 8. The highest BCUT2D eigenvalue weighted by Crippen LogP contribution is 2.65. The fourth-order valence-electron chi connectivity index (χ4n) is 3.09. The van der Waals surface area contributed by atoms with Crippen LogP contribution in [0.2, 0.25) is 0 Å². The Kier molecular flexibility index (Phi) is 5.89. The molecule has 13 heteroatoms. The van der Waals surface area contributed by atoms with Crippen LogP contribution < -0.4 is 5.73 Å². The van der Waals surface area contributed by atoms with Gasteiger partial charge in [0.2, 0.25) is 0 Å². The second-order valence-electron chi connectivity index (χ2n) is 7.07. The summed E-state index contributed by atoms with van der Waals surface area (Å²) in [7, 11) is 0. The van der Waals surface area contributed by atoms with Crippen LogP contribution in [-0.2, 0) is 16.5 Å². The maximum Gasteiger partial charge on any atom is 0.268 e. The van der Waals surface area contributed by atoms with E-state index in [4.69, 9.17) is 27.4 Å². The van der Waals surface area contributed by atoms with Crippen LogP contribution in [0.15, 0.2) is 5.38 Å². The Balaban J connectivity index is 0.000000149. The fourth-order valence-corrected chi connectivity index (χ4v) is 8.34. The lowest BCUT2D eigenvalue weighted by molar-refractivity contribution is -0.0228. The summed E-state index contributed by atoms with van der Waals surface area (Å²) < 4.78 is 12.7. The smallest absolute Gasteiger partial charge is 0.268 e. The predicted octanol–water partition coefficient (Wildman–Crippen LogP) is -1.45. The zero-order valence-electron chi connectivity index (χ0n) is 15.1. The van der Waals surface area contributed by atoms with E-state index in [1.807, 2.05) is 0 Å². The number of aliphatic hydroxyl groups is 3. The summed E-state index contributed by atoms with van der Waals surface area (Å²) in [6.45, 7) is 5.86. The number of thiazole rings is 1. The summed E-state index contributed by atoms with van der Waals surface area (Å²) >= 11 is 6.85. The molecule has 4 aliphatic heterocycles. The van der Waals surface area contributed by atoms with Gasteiger partial charge in [-0.2, -0.15) is 0 Å². The van der Waals surface area contributed by atoms with Crippen molar-refractivity contribution in [2.24, 2.45) is 5.73 Å². The molecule has 1 aromatic rings. The number of nitrogens with zero attached hydrogens (tertiary/aromatic N) is 4. The zero-order valence-corrected chi connectivity index (χ0v) is 17.7. The molecular formula is C15H24N5O5PS2. The lowest BCUT2D eigenvalue weighted by Gasteiger charge is -2.25. The number of ether oxygens (including phenoxy) is 1. The van der Waals surface area contributed by atoms with E-state index in [2.05, 4.69) is 19.0 Å². The molecule has 5 N–H and O–H groups in total. The predicted molar refractivity (Wildman–Crippen MR) is 106 cm³/mol. The van der Waals surface area contributed by atoms with E-state index in [0.29, 0.717) is 5.01 Å². The Morgan fingerprint density at radius 1 is 1.21 bits per heavy atom. The van der Waals surface area contributed by atoms with Gasteiger partial charge in [0.05, 0.1) is 6.61 Å². The summed E-state index contributed by atoms with van der Waals surface area (Å²) in [5.41, 5.74) is 5.14. The van der Waals surface area contributed by atoms with E-state index in [1.54, 1.807) is 0 Å². The first-order valence-electron chi connectivity index (χ1n) is 9.10. The fraction of sp³-hybridized carbons (Fsp3) is 0.733. The molecule has 0 aromatic carbocycles.